The molecule has 4 rings (SSSR count). The first-order valence-electron chi connectivity index (χ1n) is 9.92. The van der Waals surface area contributed by atoms with E-state index in [0.29, 0.717) is 23.9 Å². The van der Waals surface area contributed by atoms with Gasteiger partial charge in [-0.05, 0) is 42.4 Å². The zero-order valence-electron chi connectivity index (χ0n) is 16.5. The van der Waals surface area contributed by atoms with Crippen LogP contribution in [0.15, 0.2) is 35.4 Å². The number of aryl methyl sites for hydroxylation is 1. The fraction of sp³-hybridized carbons (Fsp3) is 0.571. The molecule has 0 bridgehead atoms. The maximum atomic E-state index is 13.0. The highest BCUT2D eigenvalue weighted by Gasteiger charge is 2.32. The fourth-order valence-electron chi connectivity index (χ4n) is 4.28. The van der Waals surface area contributed by atoms with Crippen molar-refractivity contribution in [2.75, 3.05) is 13.1 Å². The summed E-state index contributed by atoms with van der Waals surface area (Å²) in [5.74, 6) is 1.61. The monoisotopic (exact) mass is 387 g/mol. The Balaban J connectivity index is 1.47. The third-order valence-electron chi connectivity index (χ3n) is 5.98. The van der Waals surface area contributed by atoms with Gasteiger partial charge >= 0.3 is 0 Å². The molecule has 2 aromatic rings. The smallest absolute Gasteiger partial charge is 0.243 e. The predicted octanol–water partition coefficient (Wildman–Crippen LogP) is 3.70. The molecule has 0 saturated carbocycles. The van der Waals surface area contributed by atoms with E-state index in [9.17, 15) is 8.42 Å². The molecule has 3 heterocycles. The van der Waals surface area contributed by atoms with Crippen LogP contribution in [0.3, 0.4) is 0 Å². The minimum absolute atomic E-state index is 0.0200. The first kappa shape index (κ1) is 18.7. The van der Waals surface area contributed by atoms with Crippen molar-refractivity contribution < 1.29 is 8.42 Å². The Morgan fingerprint density at radius 2 is 1.70 bits per heavy atom. The van der Waals surface area contributed by atoms with Crippen LogP contribution >= 0.6 is 0 Å². The highest BCUT2D eigenvalue weighted by Crippen LogP contribution is 2.33. The summed E-state index contributed by atoms with van der Waals surface area (Å²) in [7, 11) is -3.42. The van der Waals surface area contributed by atoms with Crippen molar-refractivity contribution in [2.45, 2.75) is 69.2 Å². The van der Waals surface area contributed by atoms with Crippen LogP contribution in [-0.2, 0) is 28.4 Å². The van der Waals surface area contributed by atoms with Crippen LogP contribution < -0.4 is 0 Å². The van der Waals surface area contributed by atoms with E-state index < -0.39 is 10.0 Å². The summed E-state index contributed by atoms with van der Waals surface area (Å²) in [6.07, 6.45) is 5.98. The second-order valence-electron chi connectivity index (χ2n) is 8.81. The highest BCUT2D eigenvalue weighted by atomic mass is 32.2. The third-order valence-corrected chi connectivity index (χ3v) is 7.89. The van der Waals surface area contributed by atoms with Gasteiger partial charge in [0.05, 0.1) is 4.90 Å². The van der Waals surface area contributed by atoms with Gasteiger partial charge in [0.25, 0.3) is 0 Å². The Labute approximate surface area is 162 Å². The van der Waals surface area contributed by atoms with E-state index in [1.807, 2.05) is 18.3 Å². The van der Waals surface area contributed by atoms with Crippen LogP contribution in [0.25, 0.3) is 0 Å². The second kappa shape index (κ2) is 6.74. The molecule has 6 heteroatoms. The summed E-state index contributed by atoms with van der Waals surface area (Å²) in [6, 6.07) is 7.39. The van der Waals surface area contributed by atoms with E-state index in [-0.39, 0.29) is 5.41 Å². The average molecular weight is 388 g/mol. The SMILES string of the molecule is CC(C)(C)c1ccc(S(=O)(=O)N2CCC(c3cnc4n3CCC4)CC2)cc1. The van der Waals surface area contributed by atoms with Crippen LogP contribution in [0.4, 0.5) is 0 Å². The van der Waals surface area contributed by atoms with Crippen molar-refractivity contribution in [1.29, 1.82) is 0 Å². The van der Waals surface area contributed by atoms with Crippen LogP contribution in [0.2, 0.25) is 0 Å². The topological polar surface area (TPSA) is 55.2 Å². The highest BCUT2D eigenvalue weighted by molar-refractivity contribution is 7.89. The number of imidazole rings is 1. The number of hydrogen-bond donors (Lipinski definition) is 0. The van der Waals surface area contributed by atoms with E-state index in [0.717, 1.165) is 31.4 Å². The molecule has 0 atom stereocenters. The van der Waals surface area contributed by atoms with E-state index in [2.05, 4.69) is 30.3 Å². The molecule has 0 amide bonds. The summed E-state index contributed by atoms with van der Waals surface area (Å²) >= 11 is 0. The van der Waals surface area contributed by atoms with Gasteiger partial charge in [0.15, 0.2) is 0 Å². The van der Waals surface area contributed by atoms with Crippen molar-refractivity contribution in [1.82, 2.24) is 13.9 Å². The molecule has 1 aromatic heterocycles. The molecule has 0 N–H and O–H groups in total. The Morgan fingerprint density at radius 3 is 2.33 bits per heavy atom. The third kappa shape index (κ3) is 3.45. The van der Waals surface area contributed by atoms with Crippen molar-refractivity contribution in [3.05, 3.63) is 47.5 Å². The normalized spacial score (nSPS) is 19.4. The van der Waals surface area contributed by atoms with Crippen molar-refractivity contribution in [2.24, 2.45) is 0 Å². The van der Waals surface area contributed by atoms with Crippen molar-refractivity contribution in [3.63, 3.8) is 0 Å². The molecule has 0 aliphatic carbocycles. The Hall–Kier alpha value is -1.66. The van der Waals surface area contributed by atoms with Gasteiger partial charge in [-0.2, -0.15) is 4.31 Å². The van der Waals surface area contributed by atoms with Crippen LogP contribution in [0.5, 0.6) is 0 Å². The van der Waals surface area contributed by atoms with E-state index in [1.54, 1.807) is 16.4 Å². The molecule has 5 nitrogen and oxygen atoms in total. The quantitative estimate of drug-likeness (QED) is 0.807. The molecule has 0 spiro atoms. The first-order valence-corrected chi connectivity index (χ1v) is 11.4. The predicted molar refractivity (Wildman–Crippen MR) is 106 cm³/mol. The summed E-state index contributed by atoms with van der Waals surface area (Å²) in [5.41, 5.74) is 2.47. The van der Waals surface area contributed by atoms with Gasteiger partial charge in [-0.3, -0.25) is 0 Å². The standard InChI is InChI=1S/C21H29N3O2S/c1-21(2,3)17-6-8-18(9-7-17)27(25,26)23-13-10-16(11-14-23)19-15-22-20-5-4-12-24(19)20/h6-9,15-16H,4-5,10-14H2,1-3H3. The second-order valence-corrected chi connectivity index (χ2v) is 10.7. The van der Waals surface area contributed by atoms with Gasteiger partial charge in [0.1, 0.15) is 5.82 Å². The molecule has 146 valence electrons. The lowest BCUT2D eigenvalue weighted by molar-refractivity contribution is 0.313. The maximum absolute atomic E-state index is 13.0. The van der Waals surface area contributed by atoms with Crippen LogP contribution in [0, 0.1) is 0 Å². The first-order chi connectivity index (χ1) is 12.8. The van der Waals surface area contributed by atoms with Crippen LogP contribution in [0.1, 0.15) is 63.0 Å². The van der Waals surface area contributed by atoms with Gasteiger partial charge in [-0.15, -0.1) is 0 Å². The minimum atomic E-state index is -3.42. The lowest BCUT2D eigenvalue weighted by atomic mass is 9.87. The zero-order chi connectivity index (χ0) is 19.2. The lowest BCUT2D eigenvalue weighted by Gasteiger charge is -2.31. The number of hydrogen-bond acceptors (Lipinski definition) is 3. The van der Waals surface area contributed by atoms with Crippen LogP contribution in [-0.4, -0.2) is 35.4 Å². The zero-order valence-corrected chi connectivity index (χ0v) is 17.3. The van der Waals surface area contributed by atoms with E-state index in [1.165, 1.54) is 17.9 Å². The van der Waals surface area contributed by atoms with E-state index in [4.69, 9.17) is 0 Å². The van der Waals surface area contributed by atoms with E-state index >= 15 is 0 Å². The summed E-state index contributed by atoms with van der Waals surface area (Å²) in [6.45, 7) is 8.61. The number of piperidine rings is 1. The fourth-order valence-corrected chi connectivity index (χ4v) is 5.75. The minimum Gasteiger partial charge on any atom is -0.332 e. The summed E-state index contributed by atoms with van der Waals surface area (Å²) < 4.78 is 30.1. The number of rotatable bonds is 3. The molecule has 1 fully saturated rings. The molecule has 0 radical (unpaired) electrons. The molecule has 27 heavy (non-hydrogen) atoms. The van der Waals surface area contributed by atoms with Gasteiger partial charge in [-0.1, -0.05) is 32.9 Å². The number of benzene rings is 1. The molecule has 2 aliphatic heterocycles. The molecular weight excluding hydrogens is 358 g/mol. The van der Waals surface area contributed by atoms with Crippen molar-refractivity contribution in [3.8, 4) is 0 Å². The molecule has 1 saturated heterocycles. The molecular formula is C21H29N3O2S. The number of sulfonamides is 1. The summed E-state index contributed by atoms with van der Waals surface area (Å²) in [5, 5.41) is 0. The Kier molecular flexibility index (Phi) is 4.67. The Morgan fingerprint density at radius 1 is 1.04 bits per heavy atom. The van der Waals surface area contributed by atoms with Crippen molar-refractivity contribution >= 4 is 10.0 Å². The lowest BCUT2D eigenvalue weighted by Crippen LogP contribution is -2.38. The Bertz CT molecular complexity index is 915. The molecule has 1 aromatic carbocycles. The van der Waals surface area contributed by atoms with Gasteiger partial charge in [0, 0.05) is 43.9 Å². The molecule has 0 unspecified atom stereocenters. The van der Waals surface area contributed by atoms with Gasteiger partial charge in [0.2, 0.25) is 10.0 Å². The average Bonchev–Trinajstić information content (AvgIpc) is 3.25. The van der Waals surface area contributed by atoms with Gasteiger partial charge in [-0.25, -0.2) is 13.4 Å². The number of fused-ring (bicyclic) bond motifs is 1. The summed E-state index contributed by atoms with van der Waals surface area (Å²) in [4.78, 5) is 4.95. The molecule has 2 aliphatic rings. The number of aromatic nitrogens is 2. The maximum Gasteiger partial charge on any atom is 0.243 e. The van der Waals surface area contributed by atoms with Gasteiger partial charge < -0.3 is 4.57 Å². The number of nitrogens with zero attached hydrogens (tertiary/aromatic N) is 3. The largest absolute Gasteiger partial charge is 0.332 e.